The number of thioether (sulfide) groups is 1. The van der Waals surface area contributed by atoms with E-state index < -0.39 is 0 Å². The van der Waals surface area contributed by atoms with Gasteiger partial charge in [0.25, 0.3) is 0 Å². The molecule has 3 N–H and O–H groups in total. The van der Waals surface area contributed by atoms with Gasteiger partial charge in [0.1, 0.15) is 0 Å². The van der Waals surface area contributed by atoms with Crippen LogP contribution in [0.15, 0.2) is 29.4 Å². The van der Waals surface area contributed by atoms with Gasteiger partial charge in [0, 0.05) is 37.7 Å². The molecule has 1 heterocycles. The van der Waals surface area contributed by atoms with Crippen molar-refractivity contribution in [3.05, 3.63) is 24.3 Å². The molecule has 7 heteroatoms. The van der Waals surface area contributed by atoms with Crippen LogP contribution in [-0.4, -0.2) is 46.4 Å². The summed E-state index contributed by atoms with van der Waals surface area (Å²) in [5, 5.41) is 17.7. The Morgan fingerprint density at radius 1 is 1.35 bits per heavy atom. The summed E-state index contributed by atoms with van der Waals surface area (Å²) in [7, 11) is 3.98. The predicted molar refractivity (Wildman–Crippen MR) is 82.4 cm³/mol. The lowest BCUT2D eigenvalue weighted by atomic mass is 10.2. The molecule has 0 atom stereocenters. The zero-order valence-corrected chi connectivity index (χ0v) is 12.5. The van der Waals surface area contributed by atoms with Crippen molar-refractivity contribution in [3.8, 4) is 11.4 Å². The van der Waals surface area contributed by atoms with E-state index in [0.717, 1.165) is 17.0 Å². The zero-order valence-electron chi connectivity index (χ0n) is 11.7. The fraction of sp³-hybridized carbons (Fsp3) is 0.385. The smallest absolute Gasteiger partial charge is 0.210 e. The van der Waals surface area contributed by atoms with Gasteiger partial charge in [-0.05, 0) is 18.6 Å². The maximum Gasteiger partial charge on any atom is 0.210 e. The van der Waals surface area contributed by atoms with Crippen molar-refractivity contribution in [2.75, 3.05) is 37.2 Å². The van der Waals surface area contributed by atoms with E-state index in [2.05, 4.69) is 10.2 Å². The van der Waals surface area contributed by atoms with Crippen LogP contribution in [0.4, 0.5) is 5.69 Å². The van der Waals surface area contributed by atoms with Crippen LogP contribution < -0.4 is 10.7 Å². The maximum atomic E-state index is 8.79. The van der Waals surface area contributed by atoms with E-state index in [9.17, 15) is 0 Å². The van der Waals surface area contributed by atoms with Crippen LogP contribution in [0, 0.1) is 0 Å². The van der Waals surface area contributed by atoms with Gasteiger partial charge in [0.2, 0.25) is 5.16 Å². The fourth-order valence-corrected chi connectivity index (χ4v) is 2.50. The van der Waals surface area contributed by atoms with Crippen molar-refractivity contribution in [1.29, 1.82) is 0 Å². The molecule has 0 aliphatic rings. The lowest BCUT2D eigenvalue weighted by Gasteiger charge is -2.13. The van der Waals surface area contributed by atoms with Crippen LogP contribution in [0.5, 0.6) is 0 Å². The van der Waals surface area contributed by atoms with Crippen molar-refractivity contribution in [2.45, 2.75) is 11.6 Å². The highest BCUT2D eigenvalue weighted by atomic mass is 32.2. The third-order valence-electron chi connectivity index (χ3n) is 2.82. The molecule has 1 aromatic carbocycles. The average molecular weight is 293 g/mol. The highest BCUT2D eigenvalue weighted by Crippen LogP contribution is 2.24. The fourth-order valence-electron chi connectivity index (χ4n) is 1.72. The van der Waals surface area contributed by atoms with Crippen molar-refractivity contribution >= 4 is 17.4 Å². The quantitative estimate of drug-likeness (QED) is 0.473. The van der Waals surface area contributed by atoms with Crippen molar-refractivity contribution in [2.24, 2.45) is 0 Å². The van der Waals surface area contributed by atoms with Crippen LogP contribution in [0.2, 0.25) is 0 Å². The summed E-state index contributed by atoms with van der Waals surface area (Å²) >= 11 is 1.49. The minimum atomic E-state index is 0.170. The van der Waals surface area contributed by atoms with Crippen molar-refractivity contribution in [3.63, 3.8) is 0 Å². The Morgan fingerprint density at radius 3 is 2.85 bits per heavy atom. The van der Waals surface area contributed by atoms with Gasteiger partial charge in [0.15, 0.2) is 5.82 Å². The summed E-state index contributed by atoms with van der Waals surface area (Å²) < 4.78 is 1.50. The van der Waals surface area contributed by atoms with Crippen molar-refractivity contribution < 1.29 is 5.11 Å². The minimum absolute atomic E-state index is 0.170. The van der Waals surface area contributed by atoms with Crippen molar-refractivity contribution in [1.82, 2.24) is 14.9 Å². The zero-order chi connectivity index (χ0) is 14.5. The number of hydrogen-bond donors (Lipinski definition) is 2. The van der Waals surface area contributed by atoms with Gasteiger partial charge < -0.3 is 15.8 Å². The first-order valence-corrected chi connectivity index (χ1v) is 7.34. The summed E-state index contributed by atoms with van der Waals surface area (Å²) in [6, 6.07) is 7.98. The SMILES string of the molecule is CN(C)c1cccc(-c2nnc(SCCCO)n2N)c1. The molecule has 0 saturated carbocycles. The second-order valence-electron chi connectivity index (χ2n) is 4.55. The number of nitrogens with two attached hydrogens (primary N) is 1. The Morgan fingerprint density at radius 2 is 2.15 bits per heavy atom. The summed E-state index contributed by atoms with van der Waals surface area (Å²) in [4.78, 5) is 2.03. The standard InChI is InChI=1S/C13H19N5OS/c1-17(2)11-6-3-5-10(9-11)12-15-16-13(18(12)14)20-8-4-7-19/h3,5-6,9,19H,4,7-8,14H2,1-2H3. The maximum absolute atomic E-state index is 8.79. The molecule has 0 bridgehead atoms. The summed E-state index contributed by atoms with van der Waals surface area (Å²) in [5.41, 5.74) is 2.01. The number of hydrogen-bond acceptors (Lipinski definition) is 6. The van der Waals surface area contributed by atoms with E-state index in [1.807, 2.05) is 43.3 Å². The second-order valence-corrected chi connectivity index (χ2v) is 5.61. The molecular weight excluding hydrogens is 274 g/mol. The van der Waals surface area contributed by atoms with Gasteiger partial charge in [0.05, 0.1) is 0 Å². The third kappa shape index (κ3) is 3.23. The average Bonchev–Trinajstić information content (AvgIpc) is 2.81. The Kier molecular flexibility index (Phi) is 4.86. The highest BCUT2D eigenvalue weighted by Gasteiger charge is 2.12. The monoisotopic (exact) mass is 293 g/mol. The van der Waals surface area contributed by atoms with Gasteiger partial charge in [-0.1, -0.05) is 23.9 Å². The summed E-state index contributed by atoms with van der Waals surface area (Å²) in [5.74, 6) is 7.44. The number of nitrogen functional groups attached to an aromatic ring is 1. The lowest BCUT2D eigenvalue weighted by molar-refractivity contribution is 0.296. The molecule has 6 nitrogen and oxygen atoms in total. The minimum Gasteiger partial charge on any atom is -0.396 e. The molecule has 0 radical (unpaired) electrons. The van der Waals surface area contributed by atoms with Gasteiger partial charge >= 0.3 is 0 Å². The molecule has 0 saturated heterocycles. The third-order valence-corrected chi connectivity index (χ3v) is 3.85. The van der Waals surface area contributed by atoms with Gasteiger partial charge in [-0.3, -0.25) is 0 Å². The van der Waals surface area contributed by atoms with E-state index in [1.54, 1.807) is 0 Å². The molecule has 0 aliphatic carbocycles. The first-order chi connectivity index (χ1) is 9.63. The number of anilines is 1. The second kappa shape index (κ2) is 6.62. The van der Waals surface area contributed by atoms with Gasteiger partial charge in [-0.25, -0.2) is 4.68 Å². The molecule has 0 fully saturated rings. The molecule has 2 aromatic rings. The first kappa shape index (κ1) is 14.7. The Bertz CT molecular complexity index is 570. The number of nitrogens with zero attached hydrogens (tertiary/aromatic N) is 4. The van der Waals surface area contributed by atoms with Crippen LogP contribution in [0.1, 0.15) is 6.42 Å². The number of benzene rings is 1. The van der Waals surface area contributed by atoms with E-state index >= 15 is 0 Å². The molecule has 0 unspecified atom stereocenters. The molecule has 0 spiro atoms. The molecule has 0 amide bonds. The Hall–Kier alpha value is -1.73. The highest BCUT2D eigenvalue weighted by molar-refractivity contribution is 7.99. The molecule has 2 rings (SSSR count). The molecular formula is C13H19N5OS. The number of aromatic nitrogens is 3. The van der Waals surface area contributed by atoms with Crippen LogP contribution in [0.25, 0.3) is 11.4 Å². The molecule has 108 valence electrons. The van der Waals surface area contributed by atoms with E-state index in [4.69, 9.17) is 10.9 Å². The molecule has 0 aliphatic heterocycles. The Balaban J connectivity index is 2.23. The van der Waals surface area contributed by atoms with E-state index in [1.165, 1.54) is 16.4 Å². The molecule has 1 aromatic heterocycles. The predicted octanol–water partition coefficient (Wildman–Crippen LogP) is 1.20. The number of aliphatic hydroxyl groups excluding tert-OH is 1. The number of rotatable bonds is 6. The van der Waals surface area contributed by atoms with E-state index in [0.29, 0.717) is 17.4 Å². The summed E-state index contributed by atoms with van der Waals surface area (Å²) in [6.45, 7) is 0.170. The van der Waals surface area contributed by atoms with Gasteiger partial charge in [-0.2, -0.15) is 0 Å². The summed E-state index contributed by atoms with van der Waals surface area (Å²) in [6.07, 6.45) is 0.711. The first-order valence-electron chi connectivity index (χ1n) is 6.35. The van der Waals surface area contributed by atoms with Crippen LogP contribution in [0.3, 0.4) is 0 Å². The lowest BCUT2D eigenvalue weighted by Crippen LogP contribution is -2.12. The normalized spacial score (nSPS) is 10.8. The van der Waals surface area contributed by atoms with Crippen LogP contribution in [-0.2, 0) is 0 Å². The largest absolute Gasteiger partial charge is 0.396 e. The van der Waals surface area contributed by atoms with Crippen LogP contribution >= 0.6 is 11.8 Å². The van der Waals surface area contributed by atoms with E-state index in [-0.39, 0.29) is 6.61 Å². The molecule has 20 heavy (non-hydrogen) atoms. The topological polar surface area (TPSA) is 80.2 Å². The number of aliphatic hydroxyl groups is 1. The Labute approximate surface area is 122 Å². The van der Waals surface area contributed by atoms with Gasteiger partial charge in [-0.15, -0.1) is 10.2 Å².